The van der Waals surface area contributed by atoms with Gasteiger partial charge in [0.05, 0.1) is 15.5 Å². The third-order valence-corrected chi connectivity index (χ3v) is 7.03. The first-order chi connectivity index (χ1) is 15.5. The number of halogens is 1. The molecule has 0 saturated heterocycles. The number of amides is 1. The van der Waals surface area contributed by atoms with Crippen LogP contribution in [0.4, 0.5) is 5.82 Å². The number of carbonyl (C=O) groups is 1. The molecule has 4 aromatic rings. The van der Waals surface area contributed by atoms with Crippen molar-refractivity contribution in [3.05, 3.63) is 83.7 Å². The maximum absolute atomic E-state index is 13.2. The standard InChI is InChI=1S/C22H19ClN4O3S2/c23-14-22(28)24-15-16-6-4-9-18(12-16)32(29,30)26-21-13-19(20-10-5-11-31-20)25-27(21)17-7-2-1-3-8-17/h1-13,26H,14-15H2,(H,24,28). The predicted octanol–water partition coefficient (Wildman–Crippen LogP) is 4.26. The fourth-order valence-electron chi connectivity index (χ4n) is 3.03. The van der Waals surface area contributed by atoms with Gasteiger partial charge in [0.15, 0.2) is 0 Å². The molecule has 2 heterocycles. The van der Waals surface area contributed by atoms with Gasteiger partial charge in [0.2, 0.25) is 5.91 Å². The van der Waals surface area contributed by atoms with Crippen LogP contribution in [0, 0.1) is 0 Å². The summed E-state index contributed by atoms with van der Waals surface area (Å²) < 4.78 is 30.6. The van der Waals surface area contributed by atoms with Gasteiger partial charge in [-0.3, -0.25) is 9.52 Å². The highest BCUT2D eigenvalue weighted by Crippen LogP contribution is 2.29. The highest BCUT2D eigenvalue weighted by molar-refractivity contribution is 7.92. The van der Waals surface area contributed by atoms with Crippen LogP contribution in [0.5, 0.6) is 0 Å². The topological polar surface area (TPSA) is 93.1 Å². The number of nitrogens with zero attached hydrogens (tertiary/aromatic N) is 2. The summed E-state index contributed by atoms with van der Waals surface area (Å²) >= 11 is 7.01. The highest BCUT2D eigenvalue weighted by atomic mass is 35.5. The van der Waals surface area contributed by atoms with Gasteiger partial charge in [-0.15, -0.1) is 22.9 Å². The number of alkyl halides is 1. The van der Waals surface area contributed by atoms with E-state index in [0.717, 1.165) is 10.6 Å². The molecule has 32 heavy (non-hydrogen) atoms. The van der Waals surface area contributed by atoms with Crippen LogP contribution in [0.15, 0.2) is 83.1 Å². The van der Waals surface area contributed by atoms with Crippen LogP contribution in [0.25, 0.3) is 16.3 Å². The first-order valence-electron chi connectivity index (χ1n) is 9.60. The molecule has 0 fully saturated rings. The molecular formula is C22H19ClN4O3S2. The Morgan fingerprint density at radius 3 is 2.56 bits per heavy atom. The number of rotatable bonds is 8. The second-order valence-corrected chi connectivity index (χ2v) is 9.70. The molecule has 0 saturated carbocycles. The van der Waals surface area contributed by atoms with Crippen LogP contribution < -0.4 is 10.0 Å². The molecule has 7 nitrogen and oxygen atoms in total. The lowest BCUT2D eigenvalue weighted by molar-refractivity contribution is -0.118. The zero-order valence-electron chi connectivity index (χ0n) is 16.7. The minimum absolute atomic E-state index is 0.0774. The van der Waals surface area contributed by atoms with E-state index in [4.69, 9.17) is 11.6 Å². The average molecular weight is 487 g/mol. The average Bonchev–Trinajstić information content (AvgIpc) is 3.48. The van der Waals surface area contributed by atoms with Crippen LogP contribution in [-0.2, 0) is 21.4 Å². The summed E-state index contributed by atoms with van der Waals surface area (Å²) in [5, 5.41) is 9.18. The molecule has 0 aliphatic carbocycles. The smallest absolute Gasteiger partial charge is 0.263 e. The second kappa shape index (κ2) is 9.56. The van der Waals surface area contributed by atoms with Gasteiger partial charge in [-0.05, 0) is 41.3 Å². The fraction of sp³-hybridized carbons (Fsp3) is 0.0909. The molecule has 2 aromatic heterocycles. The van der Waals surface area contributed by atoms with Gasteiger partial charge in [-0.25, -0.2) is 13.1 Å². The summed E-state index contributed by atoms with van der Waals surface area (Å²) in [5.41, 5.74) is 2.03. The Morgan fingerprint density at radius 2 is 1.84 bits per heavy atom. The highest BCUT2D eigenvalue weighted by Gasteiger charge is 2.20. The number of benzene rings is 2. The molecule has 0 unspecified atom stereocenters. The van der Waals surface area contributed by atoms with Gasteiger partial charge in [-0.1, -0.05) is 36.4 Å². The summed E-state index contributed by atoms with van der Waals surface area (Å²) in [6.07, 6.45) is 0. The molecule has 2 N–H and O–H groups in total. The van der Waals surface area contributed by atoms with E-state index >= 15 is 0 Å². The van der Waals surface area contributed by atoms with Crippen molar-refractivity contribution in [3.63, 3.8) is 0 Å². The van der Waals surface area contributed by atoms with Gasteiger partial charge in [0.25, 0.3) is 10.0 Å². The quantitative estimate of drug-likeness (QED) is 0.364. The maximum Gasteiger partial charge on any atom is 0.263 e. The summed E-state index contributed by atoms with van der Waals surface area (Å²) in [5.74, 6) is -0.165. The molecule has 0 atom stereocenters. The Morgan fingerprint density at radius 1 is 1.03 bits per heavy atom. The van der Waals surface area contributed by atoms with Gasteiger partial charge in [-0.2, -0.15) is 5.10 Å². The van der Waals surface area contributed by atoms with Gasteiger partial charge in [0.1, 0.15) is 17.4 Å². The van der Waals surface area contributed by atoms with Crippen LogP contribution in [-0.4, -0.2) is 30.0 Å². The number of hydrogen-bond acceptors (Lipinski definition) is 5. The van der Waals surface area contributed by atoms with E-state index in [2.05, 4.69) is 15.1 Å². The minimum Gasteiger partial charge on any atom is -0.351 e. The molecule has 4 rings (SSSR count). The van der Waals surface area contributed by atoms with Crippen molar-refractivity contribution >= 4 is 44.7 Å². The Bertz CT molecular complexity index is 1320. The number of carbonyl (C=O) groups excluding carboxylic acids is 1. The van der Waals surface area contributed by atoms with Crippen molar-refractivity contribution in [2.75, 3.05) is 10.6 Å². The van der Waals surface area contributed by atoms with E-state index in [1.807, 2.05) is 47.8 Å². The van der Waals surface area contributed by atoms with E-state index in [-0.39, 0.29) is 23.2 Å². The molecule has 0 radical (unpaired) electrons. The van der Waals surface area contributed by atoms with E-state index in [0.29, 0.717) is 17.1 Å². The van der Waals surface area contributed by atoms with Crippen molar-refractivity contribution in [3.8, 4) is 16.3 Å². The first-order valence-corrected chi connectivity index (χ1v) is 12.5. The first kappa shape index (κ1) is 22.1. The van der Waals surface area contributed by atoms with Crippen molar-refractivity contribution < 1.29 is 13.2 Å². The Hall–Kier alpha value is -3.14. The maximum atomic E-state index is 13.2. The van der Waals surface area contributed by atoms with Crippen LogP contribution in [0.3, 0.4) is 0 Å². The Labute approximate surface area is 194 Å². The monoisotopic (exact) mass is 486 g/mol. The summed E-state index contributed by atoms with van der Waals surface area (Å²) in [7, 11) is -3.91. The molecule has 0 spiro atoms. The third-order valence-electron chi connectivity index (χ3n) is 4.54. The van der Waals surface area contributed by atoms with Crippen LogP contribution >= 0.6 is 22.9 Å². The lowest BCUT2D eigenvalue weighted by Gasteiger charge is -2.11. The second-order valence-electron chi connectivity index (χ2n) is 6.80. The van der Waals surface area contributed by atoms with Crippen LogP contribution in [0.1, 0.15) is 5.56 Å². The van der Waals surface area contributed by atoms with Crippen LogP contribution in [0.2, 0.25) is 0 Å². The summed E-state index contributed by atoms with van der Waals surface area (Å²) in [6, 6.07) is 21.2. The minimum atomic E-state index is -3.91. The normalized spacial score (nSPS) is 11.3. The molecule has 0 bridgehead atoms. The number of aromatic nitrogens is 2. The molecule has 0 aliphatic rings. The third kappa shape index (κ3) is 5.01. The van der Waals surface area contributed by atoms with Gasteiger partial charge < -0.3 is 5.32 Å². The number of hydrogen-bond donors (Lipinski definition) is 2. The van der Waals surface area contributed by atoms with E-state index in [9.17, 15) is 13.2 Å². The van der Waals surface area contributed by atoms with Crippen molar-refractivity contribution in [2.24, 2.45) is 0 Å². The van der Waals surface area contributed by atoms with E-state index < -0.39 is 10.0 Å². The number of nitrogens with one attached hydrogen (secondary N) is 2. The fourth-order valence-corrected chi connectivity index (χ4v) is 4.91. The molecule has 10 heteroatoms. The Kier molecular flexibility index (Phi) is 6.59. The lowest BCUT2D eigenvalue weighted by Crippen LogP contribution is -2.24. The zero-order chi connectivity index (χ0) is 22.6. The number of sulfonamides is 1. The number of thiophene rings is 1. The molecular weight excluding hydrogens is 468 g/mol. The molecule has 164 valence electrons. The van der Waals surface area contributed by atoms with Crippen molar-refractivity contribution in [1.29, 1.82) is 0 Å². The van der Waals surface area contributed by atoms with Crippen molar-refractivity contribution in [2.45, 2.75) is 11.4 Å². The largest absolute Gasteiger partial charge is 0.351 e. The summed E-state index contributed by atoms with van der Waals surface area (Å²) in [6.45, 7) is 0.180. The number of para-hydroxylation sites is 1. The molecule has 2 aromatic carbocycles. The lowest BCUT2D eigenvalue weighted by atomic mass is 10.2. The predicted molar refractivity (Wildman–Crippen MR) is 127 cm³/mol. The van der Waals surface area contributed by atoms with Gasteiger partial charge >= 0.3 is 0 Å². The Balaban J connectivity index is 1.66. The number of anilines is 1. The van der Waals surface area contributed by atoms with E-state index in [1.165, 1.54) is 23.5 Å². The van der Waals surface area contributed by atoms with Gasteiger partial charge in [0, 0.05) is 12.6 Å². The molecule has 1 amide bonds. The van der Waals surface area contributed by atoms with E-state index in [1.54, 1.807) is 22.9 Å². The summed E-state index contributed by atoms with van der Waals surface area (Å²) in [4.78, 5) is 12.4. The van der Waals surface area contributed by atoms with Crippen molar-refractivity contribution in [1.82, 2.24) is 15.1 Å². The SMILES string of the molecule is O=C(CCl)NCc1cccc(S(=O)(=O)Nc2cc(-c3cccs3)nn2-c2ccccc2)c1. The molecule has 0 aliphatic heterocycles. The zero-order valence-corrected chi connectivity index (χ0v) is 19.1.